The van der Waals surface area contributed by atoms with Gasteiger partial charge in [-0.15, -0.1) is 11.3 Å². The average Bonchev–Trinajstić information content (AvgIpc) is 3.10. The second kappa shape index (κ2) is 5.14. The third-order valence-electron chi connectivity index (χ3n) is 2.61. The van der Waals surface area contributed by atoms with E-state index in [9.17, 15) is 9.90 Å². The number of benzene rings is 1. The van der Waals surface area contributed by atoms with Gasteiger partial charge < -0.3 is 5.11 Å². The number of nitrogens with one attached hydrogen (secondary N) is 2. The molecule has 2 aromatic heterocycles. The van der Waals surface area contributed by atoms with Gasteiger partial charge in [-0.25, -0.2) is 4.98 Å². The Balaban J connectivity index is 1.79. The van der Waals surface area contributed by atoms with E-state index in [1.165, 1.54) is 17.5 Å². The number of phenolic OH excluding ortho intramolecular Hbond substituents is 1. The smallest absolute Gasteiger partial charge is 0.275 e. The molecule has 0 aliphatic rings. The first-order valence-electron chi connectivity index (χ1n) is 5.78. The fraction of sp³-hybridized carbons (Fsp3) is 0. The molecule has 0 unspecified atom stereocenters. The highest BCUT2D eigenvalue weighted by molar-refractivity contribution is 7.14. The van der Waals surface area contributed by atoms with Crippen molar-refractivity contribution in [1.29, 1.82) is 0 Å². The standard InChI is InChI=1S/C13H10N4O2S/c18-9-3-1-2-8(6-9)11-7-20-13(15-11)16-12(19)10-4-5-14-17-10/h1-7,18H,(H,14,17)(H,15,16,19). The number of nitrogens with zero attached hydrogens (tertiary/aromatic N) is 2. The summed E-state index contributed by atoms with van der Waals surface area (Å²) in [7, 11) is 0. The topological polar surface area (TPSA) is 90.9 Å². The maximum absolute atomic E-state index is 11.8. The lowest BCUT2D eigenvalue weighted by Gasteiger charge is -1.99. The first kappa shape index (κ1) is 12.4. The Hall–Kier alpha value is -2.67. The molecular formula is C13H10N4O2S. The number of thiazole rings is 1. The Labute approximate surface area is 118 Å². The second-order valence-electron chi connectivity index (χ2n) is 4.01. The van der Waals surface area contributed by atoms with Crippen LogP contribution < -0.4 is 5.32 Å². The lowest BCUT2D eigenvalue weighted by molar-refractivity contribution is 0.102. The number of hydrogen-bond donors (Lipinski definition) is 3. The van der Waals surface area contributed by atoms with Gasteiger partial charge in [0.25, 0.3) is 5.91 Å². The molecule has 1 amide bonds. The zero-order valence-corrected chi connectivity index (χ0v) is 11.0. The zero-order chi connectivity index (χ0) is 13.9. The maximum atomic E-state index is 11.8. The number of rotatable bonds is 3. The van der Waals surface area contributed by atoms with Crippen molar-refractivity contribution >= 4 is 22.4 Å². The molecular weight excluding hydrogens is 276 g/mol. The molecule has 2 heterocycles. The van der Waals surface area contributed by atoms with E-state index >= 15 is 0 Å². The highest BCUT2D eigenvalue weighted by Gasteiger charge is 2.10. The molecule has 0 atom stereocenters. The number of amides is 1. The SMILES string of the molecule is O=C(Nc1nc(-c2cccc(O)c2)cs1)c1ccn[nH]1. The van der Waals surface area contributed by atoms with Crippen molar-refractivity contribution in [3.8, 4) is 17.0 Å². The number of anilines is 1. The van der Waals surface area contributed by atoms with Gasteiger partial charge in [-0.05, 0) is 18.2 Å². The Bertz CT molecular complexity index is 736. The third-order valence-corrected chi connectivity index (χ3v) is 3.37. The predicted molar refractivity (Wildman–Crippen MR) is 75.8 cm³/mol. The van der Waals surface area contributed by atoms with E-state index in [0.717, 1.165) is 5.56 Å². The summed E-state index contributed by atoms with van der Waals surface area (Å²) in [6.07, 6.45) is 1.51. The minimum absolute atomic E-state index is 0.179. The first-order chi connectivity index (χ1) is 9.72. The van der Waals surface area contributed by atoms with E-state index in [1.54, 1.807) is 24.3 Å². The fourth-order valence-corrected chi connectivity index (χ4v) is 2.39. The normalized spacial score (nSPS) is 10.4. The summed E-state index contributed by atoms with van der Waals surface area (Å²) in [4.78, 5) is 16.1. The van der Waals surface area contributed by atoms with Crippen LogP contribution in [0.15, 0.2) is 41.9 Å². The molecule has 3 rings (SSSR count). The van der Waals surface area contributed by atoms with Crippen molar-refractivity contribution in [1.82, 2.24) is 15.2 Å². The summed E-state index contributed by atoms with van der Waals surface area (Å²) in [5, 5.41) is 20.7. The molecule has 0 saturated heterocycles. The highest BCUT2D eigenvalue weighted by Crippen LogP contribution is 2.27. The Kier molecular flexibility index (Phi) is 3.18. The minimum Gasteiger partial charge on any atom is -0.508 e. The van der Waals surface area contributed by atoms with Crippen molar-refractivity contribution in [2.45, 2.75) is 0 Å². The summed E-state index contributed by atoms with van der Waals surface area (Å²) in [5.74, 6) is -0.113. The molecule has 0 saturated carbocycles. The quantitative estimate of drug-likeness (QED) is 0.690. The number of aromatic nitrogens is 3. The van der Waals surface area contributed by atoms with Gasteiger partial charge in [-0.1, -0.05) is 12.1 Å². The van der Waals surface area contributed by atoms with Gasteiger partial charge in [0.05, 0.1) is 5.69 Å². The molecule has 7 heteroatoms. The Morgan fingerprint density at radius 1 is 1.35 bits per heavy atom. The second-order valence-corrected chi connectivity index (χ2v) is 4.87. The summed E-state index contributed by atoms with van der Waals surface area (Å²) in [6, 6.07) is 8.38. The van der Waals surface area contributed by atoms with Crippen LogP contribution in [0.25, 0.3) is 11.3 Å². The number of aromatic amines is 1. The van der Waals surface area contributed by atoms with Crippen molar-refractivity contribution in [2.75, 3.05) is 5.32 Å². The van der Waals surface area contributed by atoms with Crippen LogP contribution in [0.4, 0.5) is 5.13 Å². The lowest BCUT2D eigenvalue weighted by Crippen LogP contribution is -2.12. The van der Waals surface area contributed by atoms with E-state index in [1.807, 2.05) is 11.4 Å². The largest absolute Gasteiger partial charge is 0.508 e. The monoisotopic (exact) mass is 286 g/mol. The van der Waals surface area contributed by atoms with Crippen molar-refractivity contribution in [3.63, 3.8) is 0 Å². The summed E-state index contributed by atoms with van der Waals surface area (Å²) in [6.45, 7) is 0. The van der Waals surface area contributed by atoms with Crippen molar-refractivity contribution < 1.29 is 9.90 Å². The van der Waals surface area contributed by atoms with Crippen LogP contribution in [-0.2, 0) is 0 Å². The van der Waals surface area contributed by atoms with E-state index in [0.29, 0.717) is 16.5 Å². The van der Waals surface area contributed by atoms with Crippen molar-refractivity contribution in [3.05, 3.63) is 47.6 Å². The van der Waals surface area contributed by atoms with Crippen LogP contribution in [0.3, 0.4) is 0 Å². The molecule has 0 bridgehead atoms. The molecule has 0 aliphatic carbocycles. The zero-order valence-electron chi connectivity index (χ0n) is 10.2. The Morgan fingerprint density at radius 2 is 2.25 bits per heavy atom. The van der Waals surface area contributed by atoms with Crippen molar-refractivity contribution in [2.24, 2.45) is 0 Å². The van der Waals surface area contributed by atoms with E-state index in [2.05, 4.69) is 20.5 Å². The molecule has 100 valence electrons. The number of phenols is 1. The minimum atomic E-state index is -0.292. The van der Waals surface area contributed by atoms with Gasteiger partial charge in [0.15, 0.2) is 5.13 Å². The number of hydrogen-bond acceptors (Lipinski definition) is 5. The predicted octanol–water partition coefficient (Wildman–Crippen LogP) is 2.49. The van der Waals surface area contributed by atoms with Gasteiger partial charge in [0.2, 0.25) is 0 Å². The number of H-pyrrole nitrogens is 1. The molecule has 3 N–H and O–H groups in total. The van der Waals surface area contributed by atoms with Gasteiger partial charge in [0, 0.05) is 17.1 Å². The molecule has 3 aromatic rings. The fourth-order valence-electron chi connectivity index (χ4n) is 1.68. The summed E-state index contributed by atoms with van der Waals surface area (Å²) < 4.78 is 0. The maximum Gasteiger partial charge on any atom is 0.275 e. The van der Waals surface area contributed by atoms with Crippen LogP contribution in [0, 0.1) is 0 Å². The number of carbonyl (C=O) groups excluding carboxylic acids is 1. The number of aromatic hydroxyl groups is 1. The van der Waals surface area contributed by atoms with Crippen LogP contribution in [0.2, 0.25) is 0 Å². The summed E-state index contributed by atoms with van der Waals surface area (Å²) >= 11 is 1.32. The van der Waals surface area contributed by atoms with Gasteiger partial charge in [0.1, 0.15) is 11.4 Å². The molecule has 1 aromatic carbocycles. The van der Waals surface area contributed by atoms with E-state index < -0.39 is 0 Å². The van der Waals surface area contributed by atoms with E-state index in [-0.39, 0.29) is 11.7 Å². The molecule has 20 heavy (non-hydrogen) atoms. The molecule has 0 radical (unpaired) electrons. The highest BCUT2D eigenvalue weighted by atomic mass is 32.1. The van der Waals surface area contributed by atoms with Crippen LogP contribution in [0.5, 0.6) is 5.75 Å². The van der Waals surface area contributed by atoms with Gasteiger partial charge in [-0.3, -0.25) is 15.2 Å². The average molecular weight is 286 g/mol. The third kappa shape index (κ3) is 2.52. The molecule has 0 spiro atoms. The molecule has 0 fully saturated rings. The molecule has 6 nitrogen and oxygen atoms in total. The van der Waals surface area contributed by atoms with Crippen LogP contribution in [0.1, 0.15) is 10.5 Å². The summed E-state index contributed by atoms with van der Waals surface area (Å²) in [5.41, 5.74) is 1.87. The van der Waals surface area contributed by atoms with E-state index in [4.69, 9.17) is 0 Å². The molecule has 0 aliphatic heterocycles. The van der Waals surface area contributed by atoms with Crippen LogP contribution in [-0.4, -0.2) is 26.2 Å². The lowest BCUT2D eigenvalue weighted by atomic mass is 10.2. The first-order valence-corrected chi connectivity index (χ1v) is 6.66. The van der Waals surface area contributed by atoms with Gasteiger partial charge >= 0.3 is 0 Å². The Morgan fingerprint density at radius 3 is 3.00 bits per heavy atom. The van der Waals surface area contributed by atoms with Gasteiger partial charge in [-0.2, -0.15) is 5.10 Å². The number of carbonyl (C=O) groups is 1. The van der Waals surface area contributed by atoms with Crippen LogP contribution >= 0.6 is 11.3 Å².